The summed E-state index contributed by atoms with van der Waals surface area (Å²) in [7, 11) is 0. The van der Waals surface area contributed by atoms with Gasteiger partial charge in [0, 0.05) is 19.3 Å². The highest BCUT2D eigenvalue weighted by atomic mass is 16.6. The van der Waals surface area contributed by atoms with Gasteiger partial charge in [0.2, 0.25) is 0 Å². The zero-order chi connectivity index (χ0) is 49.3. The third-order valence-electron chi connectivity index (χ3n) is 10.8. The number of hydrogen-bond acceptors (Lipinski definition) is 6. The number of hydrogen-bond donors (Lipinski definition) is 0. The molecule has 0 aromatic heterocycles. The van der Waals surface area contributed by atoms with Crippen LogP contribution in [0.2, 0.25) is 0 Å². The Hall–Kier alpha value is -4.71. The van der Waals surface area contributed by atoms with Crippen LogP contribution in [0.15, 0.2) is 146 Å². The SMILES string of the molecule is CC\C=C/C=C\C=C/C=C\C=C\C=C/C=C\CCCCCC(=O)OCC(COC(=O)CCCCC\C=C/C=C\C=C/C=C\CC)OC(=O)CCCCCCC/C=C\CCCCCCCCCCC. The first-order valence-electron chi connectivity index (χ1n) is 27.0. The number of allylic oxidation sites excluding steroid dienone is 24. The Bertz CT molecular complexity index is 1540. The largest absolute Gasteiger partial charge is 0.462 e. The molecule has 0 spiro atoms. The van der Waals surface area contributed by atoms with Gasteiger partial charge in [0.1, 0.15) is 13.2 Å². The fourth-order valence-electron chi connectivity index (χ4n) is 6.84. The van der Waals surface area contributed by atoms with Crippen LogP contribution in [-0.4, -0.2) is 37.2 Å². The molecule has 1 atom stereocenters. The van der Waals surface area contributed by atoms with Gasteiger partial charge in [-0.3, -0.25) is 14.4 Å². The Morgan fingerprint density at radius 2 is 0.588 bits per heavy atom. The van der Waals surface area contributed by atoms with Crippen molar-refractivity contribution in [2.24, 2.45) is 0 Å². The maximum absolute atomic E-state index is 12.8. The van der Waals surface area contributed by atoms with E-state index in [4.69, 9.17) is 14.2 Å². The van der Waals surface area contributed by atoms with E-state index in [2.05, 4.69) is 57.2 Å². The van der Waals surface area contributed by atoms with Gasteiger partial charge >= 0.3 is 17.9 Å². The first-order valence-corrected chi connectivity index (χ1v) is 27.0. The third kappa shape index (κ3) is 52.3. The third-order valence-corrected chi connectivity index (χ3v) is 10.8. The Morgan fingerprint density at radius 1 is 0.309 bits per heavy atom. The Morgan fingerprint density at radius 3 is 0.956 bits per heavy atom. The molecule has 380 valence electrons. The highest BCUT2D eigenvalue weighted by Crippen LogP contribution is 2.13. The average molecular weight is 937 g/mol. The van der Waals surface area contributed by atoms with Crippen molar-refractivity contribution < 1.29 is 28.6 Å². The van der Waals surface area contributed by atoms with Crippen molar-refractivity contribution in [3.05, 3.63) is 146 Å². The summed E-state index contributed by atoms with van der Waals surface area (Å²) in [4.78, 5) is 38.1. The summed E-state index contributed by atoms with van der Waals surface area (Å²) in [6, 6.07) is 0. The Labute approximate surface area is 417 Å². The summed E-state index contributed by atoms with van der Waals surface area (Å²) >= 11 is 0. The van der Waals surface area contributed by atoms with Crippen LogP contribution in [0.25, 0.3) is 0 Å². The van der Waals surface area contributed by atoms with E-state index in [0.717, 1.165) is 89.9 Å². The molecule has 0 bridgehead atoms. The first kappa shape index (κ1) is 63.3. The van der Waals surface area contributed by atoms with E-state index in [-0.39, 0.29) is 37.5 Å². The molecule has 0 saturated carbocycles. The minimum atomic E-state index is -0.824. The highest BCUT2D eigenvalue weighted by molar-refractivity contribution is 5.71. The fourth-order valence-corrected chi connectivity index (χ4v) is 6.84. The summed E-state index contributed by atoms with van der Waals surface area (Å²) in [5.41, 5.74) is 0. The Balaban J connectivity index is 4.57. The van der Waals surface area contributed by atoms with Crippen LogP contribution in [0.3, 0.4) is 0 Å². The molecule has 0 aliphatic rings. The number of esters is 3. The summed E-state index contributed by atoms with van der Waals surface area (Å²) in [6.07, 6.45) is 78.3. The molecular weight excluding hydrogens is 841 g/mol. The van der Waals surface area contributed by atoms with Crippen molar-refractivity contribution in [2.45, 2.75) is 213 Å². The van der Waals surface area contributed by atoms with Crippen LogP contribution in [0.5, 0.6) is 0 Å². The predicted octanol–water partition coefficient (Wildman–Crippen LogP) is 18.0. The summed E-state index contributed by atoms with van der Waals surface area (Å²) in [5, 5.41) is 0. The molecule has 6 heteroatoms. The van der Waals surface area contributed by atoms with Gasteiger partial charge in [0.05, 0.1) is 0 Å². The molecular formula is C62H96O6. The van der Waals surface area contributed by atoms with Crippen molar-refractivity contribution in [2.75, 3.05) is 13.2 Å². The van der Waals surface area contributed by atoms with Crippen molar-refractivity contribution in [3.8, 4) is 0 Å². The van der Waals surface area contributed by atoms with Crippen molar-refractivity contribution >= 4 is 17.9 Å². The molecule has 0 radical (unpaired) electrons. The van der Waals surface area contributed by atoms with Crippen molar-refractivity contribution in [1.29, 1.82) is 0 Å². The lowest BCUT2D eigenvalue weighted by molar-refractivity contribution is -0.167. The number of rotatable bonds is 46. The predicted molar refractivity (Wildman–Crippen MR) is 292 cm³/mol. The summed E-state index contributed by atoms with van der Waals surface area (Å²) < 4.78 is 16.7. The number of ether oxygens (including phenoxy) is 3. The average Bonchev–Trinajstić information content (AvgIpc) is 3.34. The molecule has 0 aromatic carbocycles. The van der Waals surface area contributed by atoms with Gasteiger partial charge in [-0.1, -0.05) is 250 Å². The summed E-state index contributed by atoms with van der Waals surface area (Å²) in [5.74, 6) is -1.02. The normalized spacial score (nSPS) is 13.3. The molecule has 0 saturated heterocycles. The van der Waals surface area contributed by atoms with E-state index in [1.165, 1.54) is 70.6 Å². The topological polar surface area (TPSA) is 78.9 Å². The molecule has 0 N–H and O–H groups in total. The molecule has 0 heterocycles. The van der Waals surface area contributed by atoms with Gasteiger partial charge in [-0.2, -0.15) is 0 Å². The van der Waals surface area contributed by atoms with Gasteiger partial charge in [-0.15, -0.1) is 0 Å². The van der Waals surface area contributed by atoms with Gasteiger partial charge < -0.3 is 14.2 Å². The van der Waals surface area contributed by atoms with E-state index in [1.54, 1.807) is 0 Å². The van der Waals surface area contributed by atoms with Crippen LogP contribution in [0.1, 0.15) is 207 Å². The fraction of sp³-hybridized carbons (Fsp3) is 0.565. The van der Waals surface area contributed by atoms with Crippen molar-refractivity contribution in [1.82, 2.24) is 0 Å². The van der Waals surface area contributed by atoms with Crippen LogP contribution in [-0.2, 0) is 28.6 Å². The van der Waals surface area contributed by atoms with E-state index >= 15 is 0 Å². The lowest BCUT2D eigenvalue weighted by Crippen LogP contribution is -2.30. The molecule has 0 aliphatic heterocycles. The number of carbonyl (C=O) groups is 3. The van der Waals surface area contributed by atoms with Gasteiger partial charge in [0.15, 0.2) is 6.10 Å². The zero-order valence-electron chi connectivity index (χ0n) is 43.3. The molecule has 68 heavy (non-hydrogen) atoms. The molecule has 0 aliphatic carbocycles. The first-order chi connectivity index (χ1) is 33.5. The van der Waals surface area contributed by atoms with Gasteiger partial charge in [-0.05, 0) is 83.5 Å². The lowest BCUT2D eigenvalue weighted by Gasteiger charge is -2.18. The quantitative estimate of drug-likeness (QED) is 0.0199. The van der Waals surface area contributed by atoms with Gasteiger partial charge in [0.25, 0.3) is 0 Å². The molecule has 0 aromatic rings. The van der Waals surface area contributed by atoms with Crippen LogP contribution in [0, 0.1) is 0 Å². The number of unbranched alkanes of at least 4 members (excludes halogenated alkanes) is 20. The smallest absolute Gasteiger partial charge is 0.306 e. The lowest BCUT2D eigenvalue weighted by atomic mass is 10.1. The van der Waals surface area contributed by atoms with E-state index in [9.17, 15) is 14.4 Å². The second-order valence-corrected chi connectivity index (χ2v) is 17.3. The van der Waals surface area contributed by atoms with Crippen LogP contribution in [0.4, 0.5) is 0 Å². The highest BCUT2D eigenvalue weighted by Gasteiger charge is 2.19. The van der Waals surface area contributed by atoms with E-state index in [0.29, 0.717) is 19.3 Å². The number of carbonyl (C=O) groups excluding carboxylic acids is 3. The zero-order valence-corrected chi connectivity index (χ0v) is 43.3. The molecule has 0 amide bonds. The van der Waals surface area contributed by atoms with E-state index in [1.807, 2.05) is 109 Å². The minimum Gasteiger partial charge on any atom is -0.462 e. The minimum absolute atomic E-state index is 0.123. The molecule has 0 fully saturated rings. The van der Waals surface area contributed by atoms with Gasteiger partial charge in [-0.25, -0.2) is 0 Å². The second kappa shape index (κ2) is 54.9. The van der Waals surface area contributed by atoms with E-state index < -0.39 is 6.10 Å². The molecule has 6 nitrogen and oxygen atoms in total. The van der Waals surface area contributed by atoms with Crippen LogP contribution >= 0.6 is 0 Å². The van der Waals surface area contributed by atoms with Crippen molar-refractivity contribution in [3.63, 3.8) is 0 Å². The molecule has 0 rings (SSSR count). The van der Waals surface area contributed by atoms with Crippen LogP contribution < -0.4 is 0 Å². The second-order valence-electron chi connectivity index (χ2n) is 17.3. The standard InChI is InChI=1S/C62H96O6/c1-4-7-10-13-16-19-22-25-27-29-31-33-34-37-40-43-46-49-52-55-61(64)67-58-59(57-66-60(63)54-51-48-45-42-39-36-24-21-18-15-12-9-6-3)68-62(65)56-53-50-47-44-41-38-35-32-30-28-26-23-20-17-14-11-8-5-2/h7,9-10,12-13,15-16,18-19,21-22,24-25,27,29,31-37,39-40,59H,4-6,8,11,14,17,20,23,26,28,30,38,41-58H2,1-3H3/b10-7-,12-9-,16-13-,18-15-,22-19-,24-21-,27-25-,31-29+,34-33-,35-32-,39-36-,40-37-. The maximum Gasteiger partial charge on any atom is 0.306 e. The monoisotopic (exact) mass is 937 g/mol. The Kier molecular flexibility index (Phi) is 51.1. The summed E-state index contributed by atoms with van der Waals surface area (Å²) in [6.45, 7) is 6.25. The maximum atomic E-state index is 12.8. The molecule has 1 unspecified atom stereocenters.